The van der Waals surface area contributed by atoms with Gasteiger partial charge in [0.1, 0.15) is 22.3 Å². The number of hydrogen-bond donors (Lipinski definition) is 0. The van der Waals surface area contributed by atoms with E-state index in [-0.39, 0.29) is 0 Å². The Labute approximate surface area is 342 Å². The molecule has 0 aliphatic rings. The van der Waals surface area contributed by atoms with Crippen molar-refractivity contribution in [1.29, 1.82) is 0 Å². The molecule has 0 unspecified atom stereocenters. The standard InChI is InChI=1S/C56H32N2O2/c1-3-11-37(12-4-1)57-49-17-9-7-15-39(49)45-29-35-20-24-42-48-28-34(22-26-54(48)60-56(42)44(35)31-51(45)57)33-21-25-50-46(27-33)47-30-36-19-23-41-40-16-8-10-18-53(40)59-55(41)43(36)32-52(47)58(50)38-13-5-2-6-14-38/h1-32H. The van der Waals surface area contributed by atoms with E-state index in [1.54, 1.807) is 0 Å². The van der Waals surface area contributed by atoms with E-state index in [0.717, 1.165) is 93.6 Å². The number of benzene rings is 10. The molecule has 0 atom stereocenters. The van der Waals surface area contributed by atoms with Gasteiger partial charge in [-0.05, 0) is 119 Å². The van der Waals surface area contributed by atoms with Gasteiger partial charge in [-0.25, -0.2) is 0 Å². The van der Waals surface area contributed by atoms with Gasteiger partial charge in [-0.1, -0.05) is 97.1 Å². The fourth-order valence-electron chi connectivity index (χ4n) is 10.1. The number of para-hydroxylation sites is 4. The van der Waals surface area contributed by atoms with Crippen molar-refractivity contribution in [2.24, 2.45) is 0 Å². The number of aromatic nitrogens is 2. The molecule has 0 amide bonds. The Morgan fingerprint density at radius 3 is 1.42 bits per heavy atom. The number of hydrogen-bond acceptors (Lipinski definition) is 2. The molecule has 14 aromatic rings. The lowest BCUT2D eigenvalue weighted by Crippen LogP contribution is -1.93. The largest absolute Gasteiger partial charge is 0.455 e. The van der Waals surface area contributed by atoms with Crippen LogP contribution in [-0.4, -0.2) is 9.13 Å². The summed E-state index contributed by atoms with van der Waals surface area (Å²) in [5, 5.41) is 14.0. The first kappa shape index (κ1) is 31.9. The molecule has 4 heterocycles. The van der Waals surface area contributed by atoms with Gasteiger partial charge in [0.2, 0.25) is 0 Å². The summed E-state index contributed by atoms with van der Waals surface area (Å²) in [4.78, 5) is 0. The zero-order valence-corrected chi connectivity index (χ0v) is 32.2. The third-order valence-corrected chi connectivity index (χ3v) is 12.9. The maximum absolute atomic E-state index is 6.78. The monoisotopic (exact) mass is 764 g/mol. The Balaban J connectivity index is 0.970. The van der Waals surface area contributed by atoms with Crippen LogP contribution in [0.1, 0.15) is 0 Å². The molecular weight excluding hydrogens is 733 g/mol. The van der Waals surface area contributed by atoms with Crippen LogP contribution in [0, 0.1) is 0 Å². The summed E-state index contributed by atoms with van der Waals surface area (Å²) < 4.78 is 18.1. The lowest BCUT2D eigenvalue weighted by atomic mass is 9.99. The Kier molecular flexibility index (Phi) is 6.26. The molecule has 0 aliphatic carbocycles. The molecule has 0 fully saturated rings. The van der Waals surface area contributed by atoms with Crippen LogP contribution in [0.4, 0.5) is 0 Å². The van der Waals surface area contributed by atoms with E-state index in [2.05, 4.69) is 197 Å². The Morgan fingerprint density at radius 1 is 0.267 bits per heavy atom. The number of nitrogens with zero attached hydrogens (tertiary/aromatic N) is 2. The minimum absolute atomic E-state index is 0.884. The summed E-state index contributed by atoms with van der Waals surface area (Å²) in [6, 6.07) is 70.1. The van der Waals surface area contributed by atoms with Gasteiger partial charge in [0.05, 0.1) is 22.1 Å². The van der Waals surface area contributed by atoms with Gasteiger partial charge in [0, 0.05) is 65.2 Å². The third kappa shape index (κ3) is 4.34. The summed E-state index contributed by atoms with van der Waals surface area (Å²) in [5.41, 5.74) is 12.9. The van der Waals surface area contributed by atoms with Crippen LogP contribution in [0.5, 0.6) is 0 Å². The lowest BCUT2D eigenvalue weighted by molar-refractivity contribution is 0.672. The van der Waals surface area contributed by atoms with Crippen molar-refractivity contribution in [2.45, 2.75) is 0 Å². The summed E-state index contributed by atoms with van der Waals surface area (Å²) in [6.07, 6.45) is 0. The molecule has 4 nitrogen and oxygen atoms in total. The van der Waals surface area contributed by atoms with Crippen molar-refractivity contribution >= 4 is 109 Å². The lowest BCUT2D eigenvalue weighted by Gasteiger charge is -2.09. The highest BCUT2D eigenvalue weighted by atomic mass is 16.3. The van der Waals surface area contributed by atoms with Gasteiger partial charge in [-0.3, -0.25) is 0 Å². The summed E-state index contributed by atoms with van der Waals surface area (Å²) in [6.45, 7) is 0. The summed E-state index contributed by atoms with van der Waals surface area (Å²) >= 11 is 0. The molecule has 0 bridgehead atoms. The van der Waals surface area contributed by atoms with Crippen molar-refractivity contribution in [3.05, 3.63) is 194 Å². The molecule has 0 spiro atoms. The highest BCUT2D eigenvalue weighted by Crippen LogP contribution is 2.43. The molecule has 60 heavy (non-hydrogen) atoms. The van der Waals surface area contributed by atoms with Crippen LogP contribution in [0.25, 0.3) is 132 Å². The van der Waals surface area contributed by atoms with Gasteiger partial charge in [0.25, 0.3) is 0 Å². The Morgan fingerprint density at radius 2 is 0.750 bits per heavy atom. The second kappa shape index (κ2) is 11.8. The SMILES string of the molecule is c1ccc(-n2c3ccccc3c3cc4ccc5c6cc(-c7ccc8c(c7)c7cc9ccc%10c%11ccccc%11oc%10c9cc7n8-c7ccccc7)ccc6oc5c4cc32)cc1. The van der Waals surface area contributed by atoms with E-state index >= 15 is 0 Å². The molecule has 4 aromatic heterocycles. The van der Waals surface area contributed by atoms with Crippen LogP contribution < -0.4 is 0 Å². The first-order valence-corrected chi connectivity index (χ1v) is 20.5. The van der Waals surface area contributed by atoms with Crippen LogP contribution >= 0.6 is 0 Å². The number of rotatable bonds is 3. The zero-order valence-electron chi connectivity index (χ0n) is 32.2. The minimum Gasteiger partial charge on any atom is -0.455 e. The van der Waals surface area contributed by atoms with Crippen molar-refractivity contribution < 1.29 is 8.83 Å². The molecular formula is C56H32N2O2. The molecule has 0 saturated carbocycles. The molecule has 278 valence electrons. The van der Waals surface area contributed by atoms with E-state index in [0.29, 0.717) is 0 Å². The van der Waals surface area contributed by atoms with Crippen molar-refractivity contribution in [3.63, 3.8) is 0 Å². The van der Waals surface area contributed by atoms with Crippen LogP contribution in [-0.2, 0) is 0 Å². The quantitative estimate of drug-likeness (QED) is 0.180. The topological polar surface area (TPSA) is 36.1 Å². The second-order valence-electron chi connectivity index (χ2n) is 16.1. The van der Waals surface area contributed by atoms with E-state index in [1.165, 1.54) is 38.0 Å². The second-order valence-corrected chi connectivity index (χ2v) is 16.1. The number of fused-ring (bicyclic) bond motifs is 16. The van der Waals surface area contributed by atoms with E-state index in [4.69, 9.17) is 8.83 Å². The molecule has 0 N–H and O–H groups in total. The molecule has 4 heteroatoms. The average molecular weight is 765 g/mol. The first-order valence-electron chi connectivity index (χ1n) is 20.5. The minimum atomic E-state index is 0.884. The molecule has 0 radical (unpaired) electrons. The van der Waals surface area contributed by atoms with E-state index in [1.807, 2.05) is 6.07 Å². The smallest absolute Gasteiger partial charge is 0.143 e. The van der Waals surface area contributed by atoms with Gasteiger partial charge >= 0.3 is 0 Å². The van der Waals surface area contributed by atoms with Crippen LogP contribution in [0.3, 0.4) is 0 Å². The summed E-state index contributed by atoms with van der Waals surface area (Å²) in [7, 11) is 0. The Hall–Kier alpha value is -8.08. The average Bonchev–Trinajstić information content (AvgIpc) is 4.05. The summed E-state index contributed by atoms with van der Waals surface area (Å²) in [5.74, 6) is 0. The zero-order chi connectivity index (χ0) is 39.1. The Bertz CT molecular complexity index is 4110. The predicted molar refractivity (Wildman–Crippen MR) is 250 cm³/mol. The van der Waals surface area contributed by atoms with Gasteiger partial charge in [-0.15, -0.1) is 0 Å². The maximum Gasteiger partial charge on any atom is 0.143 e. The molecule has 0 saturated heterocycles. The van der Waals surface area contributed by atoms with E-state index in [9.17, 15) is 0 Å². The van der Waals surface area contributed by atoms with Gasteiger partial charge < -0.3 is 18.0 Å². The molecule has 10 aromatic carbocycles. The maximum atomic E-state index is 6.78. The fraction of sp³-hybridized carbons (Fsp3) is 0. The van der Waals surface area contributed by atoms with Crippen LogP contribution in [0.2, 0.25) is 0 Å². The van der Waals surface area contributed by atoms with Crippen molar-refractivity contribution in [1.82, 2.24) is 9.13 Å². The molecule has 0 aliphatic heterocycles. The van der Waals surface area contributed by atoms with Gasteiger partial charge in [0.15, 0.2) is 0 Å². The number of furan rings is 2. The molecule has 14 rings (SSSR count). The van der Waals surface area contributed by atoms with E-state index < -0.39 is 0 Å². The predicted octanol–water partition coefficient (Wildman–Crippen LogP) is 15.7. The highest BCUT2D eigenvalue weighted by molar-refractivity contribution is 6.23. The van der Waals surface area contributed by atoms with Crippen LogP contribution in [0.15, 0.2) is 203 Å². The van der Waals surface area contributed by atoms with Gasteiger partial charge in [-0.2, -0.15) is 0 Å². The normalized spacial score (nSPS) is 12.3. The highest BCUT2D eigenvalue weighted by Gasteiger charge is 2.20. The van der Waals surface area contributed by atoms with Crippen molar-refractivity contribution in [2.75, 3.05) is 0 Å². The third-order valence-electron chi connectivity index (χ3n) is 12.9. The first-order chi connectivity index (χ1) is 29.7. The fourth-order valence-corrected chi connectivity index (χ4v) is 10.1. The van der Waals surface area contributed by atoms with Crippen molar-refractivity contribution in [3.8, 4) is 22.5 Å².